The van der Waals surface area contributed by atoms with Gasteiger partial charge in [-0.15, -0.1) is 0 Å². The average Bonchev–Trinajstić information content (AvgIpc) is 3.30. The third kappa shape index (κ3) is 3.03. The fourth-order valence-electron chi connectivity index (χ4n) is 5.26. The third-order valence-electron chi connectivity index (χ3n) is 7.00. The summed E-state index contributed by atoms with van der Waals surface area (Å²) >= 11 is 0. The molecule has 0 aromatic carbocycles. The molecule has 3 saturated heterocycles. The Morgan fingerprint density at radius 2 is 1.62 bits per heavy atom. The molecule has 1 atom stereocenters. The minimum Gasteiger partial charge on any atom is -0.345 e. The highest BCUT2D eigenvalue weighted by molar-refractivity contribution is 7.89. The number of nitrogens with zero attached hydrogens (tertiary/aromatic N) is 5. The Balaban J connectivity index is 1.64. The molecule has 0 radical (unpaired) electrons. The molecule has 12 heteroatoms. The number of aromatic nitrogens is 2. The van der Waals surface area contributed by atoms with Gasteiger partial charge >= 0.3 is 0 Å². The van der Waals surface area contributed by atoms with Crippen molar-refractivity contribution < 1.29 is 21.6 Å². The molecule has 3 aliphatic rings. The van der Waals surface area contributed by atoms with Crippen LogP contribution in [0.1, 0.15) is 19.3 Å². The van der Waals surface area contributed by atoms with Crippen molar-refractivity contribution in [3.63, 3.8) is 0 Å². The van der Waals surface area contributed by atoms with Gasteiger partial charge in [-0.2, -0.15) is 4.31 Å². The molecule has 4 heterocycles. The Bertz CT molecular complexity index is 1040. The lowest BCUT2D eigenvalue weighted by atomic mass is 9.60. The lowest BCUT2D eigenvalue weighted by molar-refractivity contribution is -0.140. The molecule has 3 fully saturated rings. The van der Waals surface area contributed by atoms with Crippen LogP contribution in [0.2, 0.25) is 0 Å². The summed E-state index contributed by atoms with van der Waals surface area (Å²) in [4.78, 5) is 18.8. The SMILES string of the molecule is CN1CCC2(CN(S(C)(=O)=O)CC23CCN(S(=O)(=O)c2cn(C)cn2)CC3)C1=O. The van der Waals surface area contributed by atoms with E-state index in [-0.39, 0.29) is 37.1 Å². The Hall–Kier alpha value is -1.50. The number of carbonyl (C=O) groups excluding carboxylic acids is 1. The number of aryl methyl sites for hydroxylation is 1. The van der Waals surface area contributed by atoms with Gasteiger partial charge in [-0.3, -0.25) is 4.79 Å². The fraction of sp³-hybridized carbons (Fsp3) is 0.765. The van der Waals surface area contributed by atoms with Crippen molar-refractivity contribution in [1.29, 1.82) is 0 Å². The maximum absolute atomic E-state index is 13.1. The van der Waals surface area contributed by atoms with Gasteiger partial charge in [0.05, 0.1) is 18.0 Å². The first-order chi connectivity index (χ1) is 13.4. The van der Waals surface area contributed by atoms with Crippen molar-refractivity contribution in [1.82, 2.24) is 23.1 Å². The molecule has 1 amide bonds. The molecule has 10 nitrogen and oxygen atoms in total. The van der Waals surface area contributed by atoms with Gasteiger partial charge in [-0.25, -0.2) is 26.1 Å². The number of amides is 1. The van der Waals surface area contributed by atoms with Crippen LogP contribution in [-0.2, 0) is 31.9 Å². The number of piperidine rings is 1. The van der Waals surface area contributed by atoms with Crippen molar-refractivity contribution in [3.8, 4) is 0 Å². The fourth-order valence-corrected chi connectivity index (χ4v) is 7.61. The van der Waals surface area contributed by atoms with Crippen LogP contribution in [0.5, 0.6) is 0 Å². The summed E-state index contributed by atoms with van der Waals surface area (Å²) in [7, 11) is -3.71. The maximum atomic E-state index is 13.1. The lowest BCUT2D eigenvalue weighted by Gasteiger charge is -2.46. The molecule has 29 heavy (non-hydrogen) atoms. The molecule has 1 aromatic rings. The van der Waals surface area contributed by atoms with E-state index in [2.05, 4.69) is 4.98 Å². The van der Waals surface area contributed by atoms with E-state index in [4.69, 9.17) is 0 Å². The summed E-state index contributed by atoms with van der Waals surface area (Å²) < 4.78 is 54.8. The summed E-state index contributed by atoms with van der Waals surface area (Å²) in [5, 5.41) is 0.00604. The molecule has 1 aromatic heterocycles. The Morgan fingerprint density at radius 3 is 2.10 bits per heavy atom. The van der Waals surface area contributed by atoms with Crippen LogP contribution < -0.4 is 0 Å². The van der Waals surface area contributed by atoms with Crippen LogP contribution in [0.25, 0.3) is 0 Å². The van der Waals surface area contributed by atoms with E-state index in [0.717, 1.165) is 0 Å². The average molecular weight is 446 g/mol. The summed E-state index contributed by atoms with van der Waals surface area (Å²) in [5.74, 6) is -0.0234. The van der Waals surface area contributed by atoms with Crippen LogP contribution >= 0.6 is 0 Å². The zero-order valence-corrected chi connectivity index (χ0v) is 18.5. The van der Waals surface area contributed by atoms with E-state index < -0.39 is 30.9 Å². The molecule has 3 aliphatic heterocycles. The quantitative estimate of drug-likeness (QED) is 0.609. The first kappa shape index (κ1) is 20.8. The first-order valence-corrected chi connectivity index (χ1v) is 12.9. The van der Waals surface area contributed by atoms with Gasteiger partial charge in [-0.05, 0) is 19.3 Å². The van der Waals surface area contributed by atoms with Crippen molar-refractivity contribution in [3.05, 3.63) is 12.5 Å². The minimum atomic E-state index is -3.71. The summed E-state index contributed by atoms with van der Waals surface area (Å²) in [5.41, 5.74) is -1.32. The monoisotopic (exact) mass is 445 g/mol. The molecule has 0 N–H and O–H groups in total. The number of hydrogen-bond donors (Lipinski definition) is 0. The second kappa shape index (κ2) is 6.50. The van der Waals surface area contributed by atoms with E-state index in [1.54, 1.807) is 23.6 Å². The Labute approximate surface area is 171 Å². The molecular weight excluding hydrogens is 418 g/mol. The van der Waals surface area contributed by atoms with Gasteiger partial charge in [0.15, 0.2) is 5.03 Å². The molecule has 162 valence electrons. The van der Waals surface area contributed by atoms with Gasteiger partial charge in [-0.1, -0.05) is 0 Å². The second-order valence-corrected chi connectivity index (χ2v) is 12.5. The van der Waals surface area contributed by atoms with E-state index in [0.29, 0.717) is 25.8 Å². The highest BCUT2D eigenvalue weighted by atomic mass is 32.2. The first-order valence-electron chi connectivity index (χ1n) is 9.60. The number of hydrogen-bond acceptors (Lipinski definition) is 6. The third-order valence-corrected chi connectivity index (χ3v) is 9.99. The number of carbonyl (C=O) groups is 1. The largest absolute Gasteiger partial charge is 0.345 e. The second-order valence-electron chi connectivity index (χ2n) is 8.65. The predicted octanol–water partition coefficient (Wildman–Crippen LogP) is -0.685. The maximum Gasteiger partial charge on any atom is 0.262 e. The lowest BCUT2D eigenvalue weighted by Crippen LogP contribution is -2.53. The van der Waals surface area contributed by atoms with E-state index in [1.807, 2.05) is 0 Å². The molecule has 0 saturated carbocycles. The van der Waals surface area contributed by atoms with Crippen molar-refractivity contribution in [2.24, 2.45) is 17.9 Å². The number of rotatable bonds is 3. The molecular formula is C17H27N5O5S2. The number of fused-ring (bicyclic) bond motifs is 1. The normalized spacial score (nSPS) is 28.8. The van der Waals surface area contributed by atoms with Crippen LogP contribution in [0, 0.1) is 10.8 Å². The predicted molar refractivity (Wildman–Crippen MR) is 105 cm³/mol. The smallest absolute Gasteiger partial charge is 0.262 e. The van der Waals surface area contributed by atoms with Crippen LogP contribution in [0.4, 0.5) is 0 Å². The van der Waals surface area contributed by atoms with Gasteiger partial charge in [0, 0.05) is 58.4 Å². The summed E-state index contributed by atoms with van der Waals surface area (Å²) in [6, 6.07) is 0. The summed E-state index contributed by atoms with van der Waals surface area (Å²) in [6.45, 7) is 1.53. The van der Waals surface area contributed by atoms with Gasteiger partial charge < -0.3 is 9.47 Å². The minimum absolute atomic E-state index is 0.00604. The summed E-state index contributed by atoms with van der Waals surface area (Å²) in [6.07, 6.45) is 5.58. The standard InChI is InChI=1S/C17H27N5O5S2/c1-19-10-14(18-13-19)29(26,27)21-8-4-16(5-9-21)11-22(28(3,24)25)12-17(16)6-7-20(2)15(17)23/h10,13H,4-9,11-12H2,1-3H3. The Morgan fingerprint density at radius 1 is 0.966 bits per heavy atom. The van der Waals surface area contributed by atoms with Crippen molar-refractivity contribution in [2.45, 2.75) is 24.3 Å². The number of sulfonamides is 2. The van der Waals surface area contributed by atoms with Crippen LogP contribution in [0.3, 0.4) is 0 Å². The highest BCUT2D eigenvalue weighted by Gasteiger charge is 2.66. The molecule has 2 spiro atoms. The van der Waals surface area contributed by atoms with E-state index in [1.165, 1.54) is 27.4 Å². The Kier molecular flexibility index (Phi) is 4.65. The molecule has 0 bridgehead atoms. The zero-order valence-electron chi connectivity index (χ0n) is 16.9. The molecule has 4 rings (SSSR count). The van der Waals surface area contributed by atoms with E-state index >= 15 is 0 Å². The highest BCUT2D eigenvalue weighted by Crippen LogP contribution is 2.58. The number of imidazole rings is 1. The zero-order chi connectivity index (χ0) is 21.2. The van der Waals surface area contributed by atoms with Crippen molar-refractivity contribution in [2.75, 3.05) is 46.0 Å². The number of likely N-dealkylation sites (tertiary alicyclic amines) is 1. The molecule has 1 unspecified atom stereocenters. The van der Waals surface area contributed by atoms with Crippen LogP contribution in [-0.4, -0.2) is 91.8 Å². The van der Waals surface area contributed by atoms with Gasteiger partial charge in [0.2, 0.25) is 15.9 Å². The van der Waals surface area contributed by atoms with E-state index in [9.17, 15) is 21.6 Å². The van der Waals surface area contributed by atoms with Gasteiger partial charge in [0.1, 0.15) is 0 Å². The van der Waals surface area contributed by atoms with Crippen molar-refractivity contribution >= 4 is 26.0 Å². The topological polar surface area (TPSA) is 113 Å². The van der Waals surface area contributed by atoms with Gasteiger partial charge in [0.25, 0.3) is 10.0 Å². The van der Waals surface area contributed by atoms with Crippen LogP contribution in [0.15, 0.2) is 17.6 Å². The molecule has 0 aliphatic carbocycles.